The number of hydrogen-bond acceptors (Lipinski definition) is 6. The minimum Gasteiger partial charge on any atom is -0.398 e. The zero-order valence-corrected chi connectivity index (χ0v) is 16.5. The number of nitrogens with two attached hydrogens (primary N) is 1. The first kappa shape index (κ1) is 19.8. The van der Waals surface area contributed by atoms with Gasteiger partial charge in [0.15, 0.2) is 0 Å². The van der Waals surface area contributed by atoms with Crippen molar-refractivity contribution < 1.29 is 4.79 Å². The van der Waals surface area contributed by atoms with Crippen molar-refractivity contribution in [2.45, 2.75) is 31.7 Å². The van der Waals surface area contributed by atoms with E-state index >= 15 is 0 Å². The molecule has 1 saturated carbocycles. The van der Waals surface area contributed by atoms with Gasteiger partial charge in [0.05, 0.1) is 5.71 Å². The van der Waals surface area contributed by atoms with Crippen LogP contribution in [0.2, 0.25) is 0 Å². The van der Waals surface area contributed by atoms with Gasteiger partial charge in [0.2, 0.25) is 0 Å². The summed E-state index contributed by atoms with van der Waals surface area (Å²) in [6.07, 6.45) is 6.51. The number of nitrogens with one attached hydrogen (secondary N) is 3. The molecule has 3 rings (SSSR count). The molecule has 1 aliphatic rings. The smallest absolute Gasteiger partial charge is 0.320 e. The highest BCUT2D eigenvalue weighted by molar-refractivity contribution is 6.13. The lowest BCUT2D eigenvalue weighted by molar-refractivity contribution is 0.0630. The minimum atomic E-state index is -0.312. The topological polar surface area (TPSA) is 120 Å². The van der Waals surface area contributed by atoms with E-state index < -0.39 is 0 Å². The number of aryl methyl sites for hydroxylation is 1. The van der Waals surface area contributed by atoms with Crippen LogP contribution in [0.4, 0.5) is 16.3 Å². The highest BCUT2D eigenvalue weighted by Gasteiger charge is 2.39. The van der Waals surface area contributed by atoms with Gasteiger partial charge in [0.1, 0.15) is 5.82 Å². The number of hydrogen-bond donors (Lipinski definition) is 4. The maximum atomic E-state index is 12.2. The molecule has 0 saturated heterocycles. The van der Waals surface area contributed by atoms with Crippen LogP contribution < -0.4 is 16.4 Å². The van der Waals surface area contributed by atoms with E-state index in [0.717, 1.165) is 18.5 Å². The molecule has 0 atom stereocenters. The number of urea groups is 1. The van der Waals surface area contributed by atoms with E-state index in [1.54, 1.807) is 18.3 Å². The summed E-state index contributed by atoms with van der Waals surface area (Å²) in [6.45, 7) is 2.46. The first-order chi connectivity index (χ1) is 13.3. The fourth-order valence-corrected chi connectivity index (χ4v) is 3.38. The Morgan fingerprint density at radius 3 is 2.64 bits per heavy atom. The third kappa shape index (κ3) is 4.12. The molecule has 0 radical (unpaired) electrons. The van der Waals surface area contributed by atoms with Gasteiger partial charge in [0.25, 0.3) is 0 Å². The first-order valence-corrected chi connectivity index (χ1v) is 9.30. The van der Waals surface area contributed by atoms with Gasteiger partial charge >= 0.3 is 6.03 Å². The Bertz CT molecular complexity index is 890. The van der Waals surface area contributed by atoms with E-state index in [9.17, 15) is 4.79 Å². The van der Waals surface area contributed by atoms with Crippen molar-refractivity contribution in [1.82, 2.24) is 20.2 Å². The number of aromatic nitrogens is 2. The van der Waals surface area contributed by atoms with E-state index in [4.69, 9.17) is 11.1 Å². The molecular formula is C20H27N7O. The predicted molar refractivity (Wildman–Crippen MR) is 111 cm³/mol. The second-order valence-electron chi connectivity index (χ2n) is 7.50. The fraction of sp³-hybridized carbons (Fsp3) is 0.400. The van der Waals surface area contributed by atoms with Gasteiger partial charge in [-0.1, -0.05) is 0 Å². The molecule has 8 heteroatoms. The summed E-state index contributed by atoms with van der Waals surface area (Å²) in [6, 6.07) is 4.84. The molecule has 5 N–H and O–H groups in total. The van der Waals surface area contributed by atoms with Gasteiger partial charge in [-0.15, -0.1) is 0 Å². The number of rotatable bonds is 6. The molecule has 2 amide bonds. The second-order valence-corrected chi connectivity index (χ2v) is 7.50. The van der Waals surface area contributed by atoms with Gasteiger partial charge in [-0.05, 0) is 52.4 Å². The lowest BCUT2D eigenvalue weighted by atomic mass is 9.75. The Hall–Kier alpha value is -3.00. The number of carbonyl (C=O) groups excluding carboxylic acids is 1. The second kappa shape index (κ2) is 7.93. The Labute approximate surface area is 165 Å². The summed E-state index contributed by atoms with van der Waals surface area (Å²) in [4.78, 5) is 22.8. The standard InChI is InChI=1S/C20H27N7O/c1-13-9-14(5-8-23-13)18(22)15-11-24-17(10-16(15)21)26-19(28)25-12-20(27(2)3)6-4-7-20/h5,8-11,22H,4,6-7,12H2,1-3H3,(H4,21,24,25,26,28). The van der Waals surface area contributed by atoms with Crippen molar-refractivity contribution in [3.05, 3.63) is 47.4 Å². The van der Waals surface area contributed by atoms with Crippen molar-refractivity contribution in [2.24, 2.45) is 0 Å². The summed E-state index contributed by atoms with van der Waals surface area (Å²) in [7, 11) is 4.08. The molecular weight excluding hydrogens is 354 g/mol. The van der Waals surface area contributed by atoms with Crippen LogP contribution >= 0.6 is 0 Å². The quantitative estimate of drug-likeness (QED) is 0.573. The zero-order valence-electron chi connectivity index (χ0n) is 16.5. The summed E-state index contributed by atoms with van der Waals surface area (Å²) in [5.41, 5.74) is 8.86. The van der Waals surface area contributed by atoms with Crippen LogP contribution in [0.15, 0.2) is 30.6 Å². The summed E-state index contributed by atoms with van der Waals surface area (Å²) in [5.74, 6) is 0.352. The molecule has 0 aromatic carbocycles. The molecule has 8 nitrogen and oxygen atoms in total. The van der Waals surface area contributed by atoms with Gasteiger partial charge in [0, 0.05) is 53.1 Å². The molecule has 0 aliphatic heterocycles. The molecule has 2 aromatic rings. The zero-order chi connectivity index (χ0) is 20.3. The third-order valence-corrected chi connectivity index (χ3v) is 5.44. The maximum Gasteiger partial charge on any atom is 0.320 e. The molecule has 1 aliphatic carbocycles. The number of nitrogen functional groups attached to an aromatic ring is 1. The van der Waals surface area contributed by atoms with Gasteiger partial charge in [-0.25, -0.2) is 9.78 Å². The summed E-state index contributed by atoms with van der Waals surface area (Å²) in [5, 5.41) is 14.0. The summed E-state index contributed by atoms with van der Waals surface area (Å²) < 4.78 is 0. The molecule has 0 spiro atoms. The minimum absolute atomic E-state index is 0.0470. The predicted octanol–water partition coefficient (Wildman–Crippen LogP) is 2.39. The van der Waals surface area contributed by atoms with Crippen molar-refractivity contribution >= 4 is 23.2 Å². The van der Waals surface area contributed by atoms with Crippen LogP contribution in [0.1, 0.15) is 36.1 Å². The first-order valence-electron chi connectivity index (χ1n) is 9.30. The van der Waals surface area contributed by atoms with Crippen LogP contribution in [0.3, 0.4) is 0 Å². The lowest BCUT2D eigenvalue weighted by Crippen LogP contribution is -2.57. The Morgan fingerprint density at radius 1 is 1.32 bits per heavy atom. The van der Waals surface area contributed by atoms with Crippen LogP contribution in [0.25, 0.3) is 0 Å². The van der Waals surface area contributed by atoms with Crippen molar-refractivity contribution in [3.8, 4) is 0 Å². The molecule has 2 aromatic heterocycles. The van der Waals surface area contributed by atoms with Crippen molar-refractivity contribution in [3.63, 3.8) is 0 Å². The van der Waals surface area contributed by atoms with Crippen LogP contribution in [0, 0.1) is 12.3 Å². The van der Waals surface area contributed by atoms with Gasteiger partial charge in [-0.3, -0.25) is 15.7 Å². The molecule has 2 heterocycles. The SMILES string of the molecule is Cc1cc(C(=N)c2cnc(NC(=O)NCC3(N(C)C)CCC3)cc2N)ccn1. The highest BCUT2D eigenvalue weighted by Crippen LogP contribution is 2.35. The third-order valence-electron chi connectivity index (χ3n) is 5.44. The van der Waals surface area contributed by atoms with Crippen molar-refractivity contribution in [1.29, 1.82) is 5.41 Å². The summed E-state index contributed by atoms with van der Waals surface area (Å²) >= 11 is 0. The van der Waals surface area contributed by atoms with E-state index in [0.29, 0.717) is 29.2 Å². The molecule has 1 fully saturated rings. The van der Waals surface area contributed by atoms with E-state index in [1.165, 1.54) is 12.6 Å². The molecule has 28 heavy (non-hydrogen) atoms. The van der Waals surface area contributed by atoms with E-state index in [-0.39, 0.29) is 17.3 Å². The number of likely N-dealkylation sites (N-methyl/N-ethyl adjacent to an activating group) is 1. The Balaban J connectivity index is 1.64. The number of pyridine rings is 2. The fourth-order valence-electron chi connectivity index (χ4n) is 3.38. The van der Waals surface area contributed by atoms with E-state index in [1.807, 2.05) is 27.1 Å². The number of carbonyl (C=O) groups is 1. The lowest BCUT2D eigenvalue weighted by Gasteiger charge is -2.47. The van der Waals surface area contributed by atoms with Gasteiger partial charge in [-0.2, -0.15) is 0 Å². The average molecular weight is 381 g/mol. The number of nitrogens with zero attached hydrogens (tertiary/aromatic N) is 3. The Kier molecular flexibility index (Phi) is 5.60. The average Bonchev–Trinajstić information content (AvgIpc) is 2.60. The highest BCUT2D eigenvalue weighted by atomic mass is 16.2. The number of anilines is 2. The van der Waals surface area contributed by atoms with Crippen LogP contribution in [0.5, 0.6) is 0 Å². The Morgan fingerprint density at radius 2 is 2.07 bits per heavy atom. The van der Waals surface area contributed by atoms with Gasteiger partial charge < -0.3 is 16.0 Å². The molecule has 148 valence electrons. The normalized spacial score (nSPS) is 15.0. The monoisotopic (exact) mass is 381 g/mol. The van der Waals surface area contributed by atoms with Crippen LogP contribution in [-0.2, 0) is 0 Å². The molecule has 0 unspecified atom stereocenters. The van der Waals surface area contributed by atoms with Crippen molar-refractivity contribution in [2.75, 3.05) is 31.7 Å². The van der Waals surface area contributed by atoms with E-state index in [2.05, 4.69) is 25.5 Å². The molecule has 0 bridgehead atoms. The van der Waals surface area contributed by atoms with Crippen LogP contribution in [-0.4, -0.2) is 52.8 Å². The number of amides is 2. The largest absolute Gasteiger partial charge is 0.398 e. The maximum absolute atomic E-state index is 12.2.